The average molecular weight is 462 g/mol. The van der Waals surface area contributed by atoms with Gasteiger partial charge in [0.15, 0.2) is 0 Å². The number of anilines is 2. The van der Waals surface area contributed by atoms with Crippen molar-refractivity contribution in [2.45, 2.75) is 6.42 Å². The van der Waals surface area contributed by atoms with E-state index in [2.05, 4.69) is 35.6 Å². The molecule has 3 heterocycles. The number of benzene rings is 1. The summed E-state index contributed by atoms with van der Waals surface area (Å²) in [7, 11) is 1.60. The summed E-state index contributed by atoms with van der Waals surface area (Å²) in [6.45, 7) is 2.11. The number of imidazole rings is 1. The number of nitrogens with one attached hydrogen (secondary N) is 3. The highest BCUT2D eigenvalue weighted by atomic mass is 16.5. The lowest BCUT2D eigenvalue weighted by Gasteiger charge is -2.10. The zero-order valence-corrected chi connectivity index (χ0v) is 18.9. The molecular formula is C24H27N7O3. The second-order valence-corrected chi connectivity index (χ2v) is 7.35. The summed E-state index contributed by atoms with van der Waals surface area (Å²) in [5.41, 5.74) is 3.10. The van der Waals surface area contributed by atoms with Crippen LogP contribution >= 0.6 is 0 Å². The number of methoxy groups -OCH3 is 1. The molecule has 0 aliphatic heterocycles. The van der Waals surface area contributed by atoms with Gasteiger partial charge in [-0.15, -0.1) is 0 Å². The minimum atomic E-state index is 0.138. The molecule has 0 saturated carbocycles. The molecule has 0 saturated heterocycles. The molecule has 0 amide bonds. The average Bonchev–Trinajstić information content (AvgIpc) is 3.37. The number of hydrogen-bond donors (Lipinski definition) is 4. The minimum Gasteiger partial charge on any atom is -0.495 e. The Hall–Kier alpha value is -4.02. The van der Waals surface area contributed by atoms with Crippen LogP contribution in [-0.4, -0.2) is 63.4 Å². The van der Waals surface area contributed by atoms with Gasteiger partial charge in [-0.3, -0.25) is 4.98 Å². The molecule has 0 aliphatic rings. The number of nitrogens with zero attached hydrogens (tertiary/aromatic N) is 4. The van der Waals surface area contributed by atoms with E-state index in [1.165, 1.54) is 0 Å². The highest BCUT2D eigenvalue weighted by molar-refractivity contribution is 5.64. The molecule has 0 aliphatic carbocycles. The zero-order valence-electron chi connectivity index (χ0n) is 18.9. The number of aromatic amines is 1. The van der Waals surface area contributed by atoms with Crippen LogP contribution in [0.3, 0.4) is 0 Å². The summed E-state index contributed by atoms with van der Waals surface area (Å²) in [6.07, 6.45) is 7.63. The third kappa shape index (κ3) is 6.27. The number of pyridine rings is 1. The molecular weight excluding hydrogens is 434 g/mol. The Morgan fingerprint density at radius 3 is 2.85 bits per heavy atom. The van der Waals surface area contributed by atoms with Crippen molar-refractivity contribution in [2.24, 2.45) is 0 Å². The van der Waals surface area contributed by atoms with E-state index in [4.69, 9.17) is 14.6 Å². The van der Waals surface area contributed by atoms with E-state index in [1.54, 1.807) is 31.9 Å². The van der Waals surface area contributed by atoms with Crippen molar-refractivity contribution >= 4 is 11.6 Å². The summed E-state index contributed by atoms with van der Waals surface area (Å²) < 4.78 is 11.0. The molecule has 4 rings (SSSR count). The maximum absolute atomic E-state index is 8.78. The first-order valence-electron chi connectivity index (χ1n) is 10.9. The van der Waals surface area contributed by atoms with Crippen LogP contribution in [0.15, 0.2) is 61.2 Å². The highest BCUT2D eigenvalue weighted by Crippen LogP contribution is 2.24. The third-order valence-electron chi connectivity index (χ3n) is 4.88. The molecule has 0 fully saturated rings. The summed E-state index contributed by atoms with van der Waals surface area (Å²) >= 11 is 0. The van der Waals surface area contributed by atoms with Gasteiger partial charge in [0, 0.05) is 36.3 Å². The largest absolute Gasteiger partial charge is 0.495 e. The van der Waals surface area contributed by atoms with E-state index < -0.39 is 0 Å². The number of ether oxygens (including phenoxy) is 2. The third-order valence-corrected chi connectivity index (χ3v) is 4.88. The molecule has 34 heavy (non-hydrogen) atoms. The normalized spacial score (nSPS) is 10.8. The summed E-state index contributed by atoms with van der Waals surface area (Å²) in [5, 5.41) is 15.1. The van der Waals surface area contributed by atoms with Gasteiger partial charge in [0.1, 0.15) is 17.3 Å². The van der Waals surface area contributed by atoms with Crippen molar-refractivity contribution in [3.8, 4) is 34.3 Å². The van der Waals surface area contributed by atoms with Gasteiger partial charge >= 0.3 is 0 Å². The van der Waals surface area contributed by atoms with Crippen molar-refractivity contribution in [3.05, 3.63) is 61.2 Å². The second kappa shape index (κ2) is 11.7. The Balaban J connectivity index is 1.40. The monoisotopic (exact) mass is 461 g/mol. The van der Waals surface area contributed by atoms with E-state index in [0.29, 0.717) is 36.4 Å². The zero-order chi connectivity index (χ0) is 23.6. The van der Waals surface area contributed by atoms with Gasteiger partial charge in [0.25, 0.3) is 0 Å². The number of rotatable bonds is 12. The Labute approximate surface area is 197 Å². The van der Waals surface area contributed by atoms with Crippen LogP contribution in [0, 0.1) is 0 Å². The molecule has 0 unspecified atom stereocenters. The molecule has 10 heteroatoms. The number of hydrogen-bond acceptors (Lipinski definition) is 9. The lowest BCUT2D eigenvalue weighted by Crippen LogP contribution is -2.20. The molecule has 4 N–H and O–H groups in total. The molecule has 4 aromatic rings. The summed E-state index contributed by atoms with van der Waals surface area (Å²) in [5.74, 6) is 2.55. The molecule has 176 valence electrons. The fraction of sp³-hybridized carbons (Fsp3) is 0.250. The smallest absolute Gasteiger partial charge is 0.227 e. The van der Waals surface area contributed by atoms with Crippen LogP contribution < -0.4 is 20.1 Å². The molecule has 3 aromatic heterocycles. The Morgan fingerprint density at radius 2 is 1.97 bits per heavy atom. The Morgan fingerprint density at radius 1 is 1.03 bits per heavy atom. The number of aromatic nitrogens is 5. The van der Waals surface area contributed by atoms with Gasteiger partial charge in [0.05, 0.1) is 44.1 Å². The van der Waals surface area contributed by atoms with Gasteiger partial charge in [-0.25, -0.2) is 15.0 Å². The van der Waals surface area contributed by atoms with Gasteiger partial charge < -0.3 is 30.2 Å². The van der Waals surface area contributed by atoms with Gasteiger partial charge in [-0.2, -0.15) is 0 Å². The van der Waals surface area contributed by atoms with Crippen LogP contribution in [0.2, 0.25) is 0 Å². The van der Waals surface area contributed by atoms with E-state index >= 15 is 0 Å². The van der Waals surface area contributed by atoms with E-state index in [1.807, 2.05) is 36.4 Å². The Kier molecular flexibility index (Phi) is 7.99. The topological polar surface area (TPSA) is 130 Å². The fourth-order valence-corrected chi connectivity index (χ4v) is 3.21. The van der Waals surface area contributed by atoms with Gasteiger partial charge in [0.2, 0.25) is 5.95 Å². The summed E-state index contributed by atoms with van der Waals surface area (Å²) in [6, 6.07) is 11.3. The van der Waals surface area contributed by atoms with E-state index in [-0.39, 0.29) is 6.61 Å². The first kappa shape index (κ1) is 23.1. The highest BCUT2D eigenvalue weighted by Gasteiger charge is 2.09. The second-order valence-electron chi connectivity index (χ2n) is 7.35. The van der Waals surface area contributed by atoms with Crippen molar-refractivity contribution in [3.63, 3.8) is 0 Å². The minimum absolute atomic E-state index is 0.138. The number of aliphatic hydroxyl groups is 1. The molecule has 0 radical (unpaired) electrons. The van der Waals surface area contributed by atoms with E-state index in [0.717, 1.165) is 35.7 Å². The van der Waals surface area contributed by atoms with Gasteiger partial charge in [-0.1, -0.05) is 6.07 Å². The van der Waals surface area contributed by atoms with Crippen molar-refractivity contribution < 1.29 is 14.6 Å². The predicted octanol–water partition coefficient (Wildman–Crippen LogP) is 3.03. The van der Waals surface area contributed by atoms with Crippen LogP contribution in [-0.2, 0) is 0 Å². The molecule has 1 aromatic carbocycles. The van der Waals surface area contributed by atoms with Crippen LogP contribution in [0.5, 0.6) is 11.5 Å². The Bertz CT molecular complexity index is 1200. The molecule has 0 atom stereocenters. The van der Waals surface area contributed by atoms with Crippen LogP contribution in [0.4, 0.5) is 11.6 Å². The fourth-order valence-electron chi connectivity index (χ4n) is 3.21. The number of aliphatic hydroxyl groups excluding tert-OH is 1. The molecule has 10 nitrogen and oxygen atoms in total. The quantitative estimate of drug-likeness (QED) is 0.235. The van der Waals surface area contributed by atoms with Crippen molar-refractivity contribution in [1.82, 2.24) is 30.2 Å². The SMILES string of the molecule is COc1cncc(-c2ncc(-c3ccnc(Nc4cccc(OCCCNCCO)c4)n3)[nH]2)c1. The van der Waals surface area contributed by atoms with Gasteiger partial charge in [-0.05, 0) is 37.2 Å². The first-order valence-corrected chi connectivity index (χ1v) is 10.9. The lowest BCUT2D eigenvalue weighted by atomic mass is 10.2. The van der Waals surface area contributed by atoms with Crippen LogP contribution in [0.25, 0.3) is 22.8 Å². The van der Waals surface area contributed by atoms with Crippen molar-refractivity contribution in [1.29, 1.82) is 0 Å². The molecule has 0 spiro atoms. The van der Waals surface area contributed by atoms with Crippen molar-refractivity contribution in [2.75, 3.05) is 38.7 Å². The van der Waals surface area contributed by atoms with E-state index in [9.17, 15) is 0 Å². The van der Waals surface area contributed by atoms with Crippen LogP contribution in [0.1, 0.15) is 6.42 Å². The molecule has 0 bridgehead atoms. The predicted molar refractivity (Wildman–Crippen MR) is 129 cm³/mol. The maximum Gasteiger partial charge on any atom is 0.227 e. The summed E-state index contributed by atoms with van der Waals surface area (Å²) in [4.78, 5) is 20.8. The number of H-pyrrole nitrogens is 1. The first-order chi connectivity index (χ1) is 16.7. The lowest BCUT2D eigenvalue weighted by molar-refractivity contribution is 0.282. The maximum atomic E-state index is 8.78. The standard InChI is InChI=1S/C24H27N7O3/c1-33-20-12-17(14-26-15-20)23-28-16-22(30-23)21-6-8-27-24(31-21)29-18-4-2-5-19(13-18)34-11-3-7-25-9-10-32/h2,4-6,8,12-16,25,32H,3,7,9-11H2,1H3,(H,28,30)(H,27,29,31).